The lowest BCUT2D eigenvalue weighted by Gasteiger charge is -2.25. The number of benzene rings is 1. The number of rotatable bonds is 2. The normalized spacial score (nSPS) is 19.6. The third-order valence-corrected chi connectivity index (χ3v) is 4.57. The van der Waals surface area contributed by atoms with Crippen LogP contribution in [0.4, 0.5) is 5.69 Å². The summed E-state index contributed by atoms with van der Waals surface area (Å²) in [5, 5.41) is 4.22. The molecule has 0 saturated carbocycles. The van der Waals surface area contributed by atoms with E-state index in [1.807, 2.05) is 23.9 Å². The molecule has 1 fully saturated rings. The molecule has 1 aromatic carbocycles. The Hall–Kier alpha value is -0.740. The molecule has 0 aliphatic carbocycles. The van der Waals surface area contributed by atoms with Crippen molar-refractivity contribution >= 4 is 29.1 Å². The first-order valence-electron chi connectivity index (χ1n) is 6.26. The maximum absolute atomic E-state index is 6.28. The van der Waals surface area contributed by atoms with Gasteiger partial charge in [-0.05, 0) is 24.3 Å². The third-order valence-electron chi connectivity index (χ3n) is 3.21. The SMILES string of the molecule is Clc1cc2c(cc1NC1CCSCC1)OCCO2. The minimum atomic E-state index is 0.520. The fourth-order valence-corrected chi connectivity index (χ4v) is 3.55. The summed E-state index contributed by atoms with van der Waals surface area (Å²) in [5.41, 5.74) is 0.956. The van der Waals surface area contributed by atoms with E-state index in [0.717, 1.165) is 17.2 Å². The Morgan fingerprint density at radius 1 is 1.11 bits per heavy atom. The molecule has 0 bridgehead atoms. The van der Waals surface area contributed by atoms with E-state index in [0.29, 0.717) is 24.3 Å². The van der Waals surface area contributed by atoms with Crippen molar-refractivity contribution in [2.75, 3.05) is 30.0 Å². The fraction of sp³-hybridized carbons (Fsp3) is 0.538. The molecular formula is C13H16ClNO2S. The van der Waals surface area contributed by atoms with Crippen LogP contribution in [0.25, 0.3) is 0 Å². The van der Waals surface area contributed by atoms with Gasteiger partial charge in [-0.25, -0.2) is 0 Å². The molecule has 2 heterocycles. The molecule has 2 aliphatic heterocycles. The van der Waals surface area contributed by atoms with Crippen LogP contribution < -0.4 is 14.8 Å². The summed E-state index contributed by atoms with van der Waals surface area (Å²) in [4.78, 5) is 0. The van der Waals surface area contributed by atoms with Gasteiger partial charge in [-0.3, -0.25) is 0 Å². The van der Waals surface area contributed by atoms with Crippen molar-refractivity contribution < 1.29 is 9.47 Å². The minimum absolute atomic E-state index is 0.520. The second kappa shape index (κ2) is 5.49. The molecule has 2 aliphatic rings. The number of halogens is 1. The molecule has 0 amide bonds. The highest BCUT2D eigenvalue weighted by atomic mass is 35.5. The van der Waals surface area contributed by atoms with Gasteiger partial charge in [-0.2, -0.15) is 11.8 Å². The molecule has 1 aromatic rings. The summed E-state index contributed by atoms with van der Waals surface area (Å²) in [6.07, 6.45) is 2.38. The Labute approximate surface area is 116 Å². The number of thioether (sulfide) groups is 1. The fourth-order valence-electron chi connectivity index (χ4n) is 2.24. The predicted octanol–water partition coefficient (Wildman–Crippen LogP) is 3.42. The monoisotopic (exact) mass is 285 g/mol. The molecule has 3 nitrogen and oxygen atoms in total. The van der Waals surface area contributed by atoms with Gasteiger partial charge in [0, 0.05) is 18.2 Å². The van der Waals surface area contributed by atoms with E-state index in [2.05, 4.69) is 5.32 Å². The number of anilines is 1. The Morgan fingerprint density at radius 2 is 1.78 bits per heavy atom. The third kappa shape index (κ3) is 2.64. The summed E-state index contributed by atoms with van der Waals surface area (Å²) >= 11 is 8.30. The molecular weight excluding hydrogens is 270 g/mol. The predicted molar refractivity (Wildman–Crippen MR) is 76.4 cm³/mol. The van der Waals surface area contributed by atoms with Gasteiger partial charge in [0.2, 0.25) is 0 Å². The first kappa shape index (κ1) is 12.3. The summed E-state index contributed by atoms with van der Waals surface area (Å²) in [7, 11) is 0. The molecule has 5 heteroatoms. The quantitative estimate of drug-likeness (QED) is 0.902. The van der Waals surface area contributed by atoms with Crippen molar-refractivity contribution in [2.24, 2.45) is 0 Å². The van der Waals surface area contributed by atoms with E-state index in [1.54, 1.807) is 0 Å². The van der Waals surface area contributed by atoms with Crippen LogP contribution in [0.1, 0.15) is 12.8 Å². The highest BCUT2D eigenvalue weighted by Crippen LogP contribution is 2.38. The zero-order chi connectivity index (χ0) is 12.4. The number of fused-ring (bicyclic) bond motifs is 1. The van der Waals surface area contributed by atoms with Crippen LogP contribution in [0.15, 0.2) is 12.1 Å². The first-order valence-corrected chi connectivity index (χ1v) is 7.79. The van der Waals surface area contributed by atoms with Gasteiger partial charge in [0.05, 0.1) is 10.7 Å². The molecule has 98 valence electrons. The van der Waals surface area contributed by atoms with Crippen LogP contribution >= 0.6 is 23.4 Å². The summed E-state index contributed by atoms with van der Waals surface area (Å²) in [6.45, 7) is 1.20. The standard InChI is InChI=1S/C13H16ClNO2S/c14-10-7-12-13(17-4-3-16-12)8-11(10)15-9-1-5-18-6-2-9/h7-9,15H,1-6H2. The van der Waals surface area contributed by atoms with Crippen LogP contribution in [0.2, 0.25) is 5.02 Å². The Balaban J connectivity index is 1.78. The Kier molecular flexibility index (Phi) is 3.75. The maximum atomic E-state index is 6.28. The van der Waals surface area contributed by atoms with Crippen molar-refractivity contribution in [3.63, 3.8) is 0 Å². The second-order valence-corrected chi connectivity index (χ2v) is 6.14. The van der Waals surface area contributed by atoms with Crippen LogP contribution in [0.5, 0.6) is 11.5 Å². The van der Waals surface area contributed by atoms with E-state index >= 15 is 0 Å². The zero-order valence-corrected chi connectivity index (χ0v) is 11.6. The number of hydrogen-bond acceptors (Lipinski definition) is 4. The van der Waals surface area contributed by atoms with E-state index < -0.39 is 0 Å². The highest BCUT2D eigenvalue weighted by molar-refractivity contribution is 7.99. The van der Waals surface area contributed by atoms with E-state index in [1.165, 1.54) is 24.3 Å². The molecule has 1 saturated heterocycles. The molecule has 0 atom stereocenters. The lowest BCUT2D eigenvalue weighted by atomic mass is 10.1. The molecule has 0 spiro atoms. The number of ether oxygens (including phenoxy) is 2. The smallest absolute Gasteiger partial charge is 0.163 e. The van der Waals surface area contributed by atoms with Crippen LogP contribution in [-0.4, -0.2) is 30.8 Å². The van der Waals surface area contributed by atoms with Crippen molar-refractivity contribution in [1.82, 2.24) is 0 Å². The molecule has 18 heavy (non-hydrogen) atoms. The van der Waals surface area contributed by atoms with Crippen LogP contribution in [0.3, 0.4) is 0 Å². The van der Waals surface area contributed by atoms with Gasteiger partial charge >= 0.3 is 0 Å². The molecule has 0 radical (unpaired) electrons. The van der Waals surface area contributed by atoms with Gasteiger partial charge in [-0.15, -0.1) is 0 Å². The lowest BCUT2D eigenvalue weighted by Crippen LogP contribution is -2.24. The van der Waals surface area contributed by atoms with Gasteiger partial charge in [0.1, 0.15) is 13.2 Å². The van der Waals surface area contributed by atoms with Crippen molar-refractivity contribution in [2.45, 2.75) is 18.9 Å². The zero-order valence-electron chi connectivity index (χ0n) is 10.1. The Morgan fingerprint density at radius 3 is 2.50 bits per heavy atom. The van der Waals surface area contributed by atoms with Crippen LogP contribution in [0, 0.1) is 0 Å². The summed E-state index contributed by atoms with van der Waals surface area (Å²) in [6, 6.07) is 4.32. The second-order valence-electron chi connectivity index (χ2n) is 4.51. The van der Waals surface area contributed by atoms with Gasteiger partial charge < -0.3 is 14.8 Å². The number of hydrogen-bond donors (Lipinski definition) is 1. The summed E-state index contributed by atoms with van der Waals surface area (Å²) in [5.74, 6) is 3.98. The van der Waals surface area contributed by atoms with Crippen molar-refractivity contribution in [1.29, 1.82) is 0 Å². The van der Waals surface area contributed by atoms with E-state index in [4.69, 9.17) is 21.1 Å². The largest absolute Gasteiger partial charge is 0.486 e. The van der Waals surface area contributed by atoms with Gasteiger partial charge in [0.15, 0.2) is 11.5 Å². The van der Waals surface area contributed by atoms with Crippen molar-refractivity contribution in [3.05, 3.63) is 17.2 Å². The molecule has 0 aromatic heterocycles. The Bertz CT molecular complexity index is 435. The van der Waals surface area contributed by atoms with E-state index in [9.17, 15) is 0 Å². The van der Waals surface area contributed by atoms with Crippen molar-refractivity contribution in [3.8, 4) is 11.5 Å². The first-order chi connectivity index (χ1) is 8.83. The molecule has 0 unspecified atom stereocenters. The van der Waals surface area contributed by atoms with E-state index in [-0.39, 0.29) is 0 Å². The maximum Gasteiger partial charge on any atom is 0.163 e. The molecule has 1 N–H and O–H groups in total. The summed E-state index contributed by atoms with van der Waals surface area (Å²) < 4.78 is 11.1. The lowest BCUT2D eigenvalue weighted by molar-refractivity contribution is 0.171. The van der Waals surface area contributed by atoms with Crippen LogP contribution in [-0.2, 0) is 0 Å². The topological polar surface area (TPSA) is 30.5 Å². The van der Waals surface area contributed by atoms with Gasteiger partial charge in [-0.1, -0.05) is 11.6 Å². The number of nitrogens with one attached hydrogen (secondary N) is 1. The average molecular weight is 286 g/mol. The average Bonchev–Trinajstić information content (AvgIpc) is 2.41. The minimum Gasteiger partial charge on any atom is -0.486 e. The molecule has 3 rings (SSSR count). The highest BCUT2D eigenvalue weighted by Gasteiger charge is 2.18. The van der Waals surface area contributed by atoms with Gasteiger partial charge in [0.25, 0.3) is 0 Å².